The zero-order chi connectivity index (χ0) is 18.3. The Kier molecular flexibility index (Phi) is 4.14. The van der Waals surface area contributed by atoms with Gasteiger partial charge in [-0.15, -0.1) is 0 Å². The van der Waals surface area contributed by atoms with E-state index in [9.17, 15) is 10.1 Å². The van der Waals surface area contributed by atoms with Gasteiger partial charge < -0.3 is 14.4 Å². The molecule has 1 saturated carbocycles. The maximum absolute atomic E-state index is 13.0. The Bertz CT molecular complexity index is 828. The average Bonchev–Trinajstić information content (AvgIpc) is 2.67. The van der Waals surface area contributed by atoms with E-state index in [1.165, 1.54) is 6.42 Å². The summed E-state index contributed by atoms with van der Waals surface area (Å²) in [7, 11) is 3.24. The van der Waals surface area contributed by atoms with Crippen LogP contribution in [-0.2, 0) is 11.2 Å². The number of carbonyl (C=O) groups excluding carboxylic acids is 1. The lowest BCUT2D eigenvalue weighted by Crippen LogP contribution is -2.45. The first-order chi connectivity index (χ1) is 12.6. The number of allylic oxidation sites excluding steroid dienone is 1. The predicted molar refractivity (Wildman–Crippen MR) is 97.6 cm³/mol. The molecule has 1 spiro atoms. The first-order valence-electron chi connectivity index (χ1n) is 9.34. The number of benzene rings is 1. The molecule has 1 fully saturated rings. The van der Waals surface area contributed by atoms with Gasteiger partial charge in [-0.3, -0.25) is 4.79 Å². The molecule has 2 heterocycles. The van der Waals surface area contributed by atoms with Crippen LogP contribution in [0.25, 0.3) is 5.70 Å². The molecular weight excluding hydrogens is 328 g/mol. The van der Waals surface area contributed by atoms with Crippen molar-refractivity contribution >= 4 is 11.6 Å². The smallest absolute Gasteiger partial charge is 0.227 e. The summed E-state index contributed by atoms with van der Waals surface area (Å²) in [5, 5.41) is 10.1. The molecule has 1 aliphatic carbocycles. The van der Waals surface area contributed by atoms with E-state index in [4.69, 9.17) is 9.47 Å². The van der Waals surface area contributed by atoms with Crippen LogP contribution in [0, 0.1) is 16.7 Å². The number of carbonyl (C=O) groups is 1. The first-order valence-corrected chi connectivity index (χ1v) is 9.34. The minimum absolute atomic E-state index is 0.154. The summed E-state index contributed by atoms with van der Waals surface area (Å²) < 4.78 is 10.9. The molecule has 0 N–H and O–H groups in total. The van der Waals surface area contributed by atoms with E-state index in [-0.39, 0.29) is 11.3 Å². The third kappa shape index (κ3) is 2.39. The zero-order valence-electron chi connectivity index (χ0n) is 15.4. The quantitative estimate of drug-likeness (QED) is 0.814. The summed E-state index contributed by atoms with van der Waals surface area (Å²) in [5.41, 5.74) is 3.39. The second-order valence-electron chi connectivity index (χ2n) is 7.51. The molecule has 0 unspecified atom stereocenters. The summed E-state index contributed by atoms with van der Waals surface area (Å²) in [5.74, 6) is 1.48. The summed E-state index contributed by atoms with van der Waals surface area (Å²) in [4.78, 5) is 14.8. The van der Waals surface area contributed by atoms with Crippen molar-refractivity contribution in [1.29, 1.82) is 5.26 Å². The number of hydrogen-bond donors (Lipinski definition) is 0. The van der Waals surface area contributed by atoms with Crippen molar-refractivity contribution in [3.8, 4) is 17.6 Å². The molecule has 1 aromatic rings. The summed E-state index contributed by atoms with van der Waals surface area (Å²) in [6, 6.07) is 6.42. The SMILES string of the molecule is COc1cc2c(cc1OC)C1=C(C#N)C3(CCCCC3)CC(=O)N1CC2. The van der Waals surface area contributed by atoms with E-state index >= 15 is 0 Å². The van der Waals surface area contributed by atoms with E-state index in [0.29, 0.717) is 24.5 Å². The van der Waals surface area contributed by atoms with Gasteiger partial charge in [0.1, 0.15) is 0 Å². The molecule has 26 heavy (non-hydrogen) atoms. The van der Waals surface area contributed by atoms with Crippen LogP contribution in [0.15, 0.2) is 17.7 Å². The van der Waals surface area contributed by atoms with Gasteiger partial charge in [0.2, 0.25) is 5.91 Å². The molecule has 3 aliphatic rings. The van der Waals surface area contributed by atoms with Crippen molar-refractivity contribution in [2.45, 2.75) is 44.9 Å². The zero-order valence-corrected chi connectivity index (χ0v) is 15.4. The van der Waals surface area contributed by atoms with Crippen LogP contribution in [0.2, 0.25) is 0 Å². The molecule has 136 valence electrons. The van der Waals surface area contributed by atoms with Gasteiger partial charge in [-0.2, -0.15) is 5.26 Å². The topological polar surface area (TPSA) is 62.6 Å². The van der Waals surface area contributed by atoms with Crippen molar-refractivity contribution in [2.24, 2.45) is 5.41 Å². The van der Waals surface area contributed by atoms with Crippen LogP contribution in [0.4, 0.5) is 0 Å². The Morgan fingerprint density at radius 1 is 1.12 bits per heavy atom. The number of rotatable bonds is 2. The van der Waals surface area contributed by atoms with Crippen LogP contribution in [0.3, 0.4) is 0 Å². The molecule has 0 saturated heterocycles. The Labute approximate surface area is 154 Å². The normalized spacial score (nSPS) is 21.1. The molecule has 0 radical (unpaired) electrons. The van der Waals surface area contributed by atoms with Crippen molar-refractivity contribution in [3.05, 3.63) is 28.8 Å². The lowest BCUT2D eigenvalue weighted by atomic mass is 9.64. The highest BCUT2D eigenvalue weighted by molar-refractivity contribution is 5.94. The van der Waals surface area contributed by atoms with Crippen LogP contribution in [-0.4, -0.2) is 31.6 Å². The van der Waals surface area contributed by atoms with Gasteiger partial charge in [0.05, 0.1) is 31.6 Å². The monoisotopic (exact) mass is 352 g/mol. The lowest BCUT2D eigenvalue weighted by molar-refractivity contribution is -0.131. The average molecular weight is 352 g/mol. The van der Waals surface area contributed by atoms with Crippen LogP contribution >= 0.6 is 0 Å². The minimum atomic E-state index is -0.280. The first kappa shape index (κ1) is 17.0. The summed E-state index contributed by atoms with van der Waals surface area (Å²) in [6.07, 6.45) is 6.46. The fourth-order valence-corrected chi connectivity index (χ4v) is 4.91. The molecule has 5 heteroatoms. The highest BCUT2D eigenvalue weighted by Gasteiger charge is 2.47. The van der Waals surface area contributed by atoms with Gasteiger partial charge in [-0.1, -0.05) is 19.3 Å². The number of nitrogens with zero attached hydrogens (tertiary/aromatic N) is 2. The Morgan fingerprint density at radius 2 is 1.81 bits per heavy atom. The molecule has 1 amide bonds. The predicted octanol–water partition coefficient (Wildman–Crippen LogP) is 3.68. The Morgan fingerprint density at radius 3 is 2.46 bits per heavy atom. The highest BCUT2D eigenvalue weighted by Crippen LogP contribution is 2.53. The van der Waals surface area contributed by atoms with Crippen LogP contribution in [0.5, 0.6) is 11.5 Å². The molecule has 2 aliphatic heterocycles. The van der Waals surface area contributed by atoms with Crippen LogP contribution < -0.4 is 9.47 Å². The number of amides is 1. The van der Waals surface area contributed by atoms with Gasteiger partial charge in [0.15, 0.2) is 11.5 Å². The largest absolute Gasteiger partial charge is 0.493 e. The highest BCUT2D eigenvalue weighted by atomic mass is 16.5. The van der Waals surface area contributed by atoms with Gasteiger partial charge >= 0.3 is 0 Å². The summed E-state index contributed by atoms with van der Waals surface area (Å²) in [6.45, 7) is 0.623. The van der Waals surface area contributed by atoms with E-state index in [1.807, 2.05) is 17.0 Å². The van der Waals surface area contributed by atoms with E-state index in [0.717, 1.165) is 54.5 Å². The molecule has 0 atom stereocenters. The second kappa shape index (κ2) is 6.35. The Balaban J connectivity index is 1.95. The molecular formula is C21H24N2O3. The fraction of sp³-hybridized carbons (Fsp3) is 0.524. The molecule has 0 aromatic heterocycles. The molecule has 0 bridgehead atoms. The molecule has 1 aromatic carbocycles. The minimum Gasteiger partial charge on any atom is -0.493 e. The maximum atomic E-state index is 13.0. The standard InChI is InChI=1S/C21H24N2O3/c1-25-17-10-14-6-9-23-19(24)12-21(7-4-3-5-8-21)16(13-22)20(23)15(14)11-18(17)26-2/h10-11H,3-9,12H2,1-2H3. The third-order valence-electron chi connectivity index (χ3n) is 6.22. The van der Waals surface area contributed by atoms with Gasteiger partial charge in [0, 0.05) is 23.9 Å². The maximum Gasteiger partial charge on any atom is 0.227 e. The second-order valence-corrected chi connectivity index (χ2v) is 7.51. The van der Waals surface area contributed by atoms with Gasteiger partial charge in [-0.25, -0.2) is 0 Å². The van der Waals surface area contributed by atoms with Crippen LogP contribution in [0.1, 0.15) is 49.7 Å². The van der Waals surface area contributed by atoms with Crippen molar-refractivity contribution in [1.82, 2.24) is 4.90 Å². The van der Waals surface area contributed by atoms with Gasteiger partial charge in [-0.05, 0) is 37.0 Å². The summed E-state index contributed by atoms with van der Waals surface area (Å²) >= 11 is 0. The van der Waals surface area contributed by atoms with Gasteiger partial charge in [0.25, 0.3) is 0 Å². The number of fused-ring (bicyclic) bond motifs is 3. The van der Waals surface area contributed by atoms with Crippen molar-refractivity contribution < 1.29 is 14.3 Å². The Hall–Kier alpha value is -2.48. The lowest BCUT2D eigenvalue weighted by Gasteiger charge is -2.46. The number of nitriles is 1. The number of methoxy groups -OCH3 is 2. The van der Waals surface area contributed by atoms with Crippen molar-refractivity contribution in [2.75, 3.05) is 20.8 Å². The molecule has 4 rings (SSSR count). The number of ether oxygens (including phenoxy) is 2. The fourth-order valence-electron chi connectivity index (χ4n) is 4.91. The number of hydrogen-bond acceptors (Lipinski definition) is 4. The molecule has 5 nitrogen and oxygen atoms in total. The third-order valence-corrected chi connectivity index (χ3v) is 6.22. The van der Waals surface area contributed by atoms with E-state index < -0.39 is 0 Å². The van der Waals surface area contributed by atoms with E-state index in [2.05, 4.69) is 6.07 Å². The van der Waals surface area contributed by atoms with Crippen molar-refractivity contribution in [3.63, 3.8) is 0 Å². The van der Waals surface area contributed by atoms with E-state index in [1.54, 1.807) is 14.2 Å².